The van der Waals surface area contributed by atoms with E-state index in [0.717, 1.165) is 46.1 Å². The predicted octanol–water partition coefficient (Wildman–Crippen LogP) is 9.74. The van der Waals surface area contributed by atoms with Crippen molar-refractivity contribution in [3.8, 4) is 0 Å². The Morgan fingerprint density at radius 3 is 0.944 bits per heavy atom. The van der Waals surface area contributed by atoms with Crippen LogP contribution in [0.4, 0.5) is 17.6 Å². The van der Waals surface area contributed by atoms with E-state index in [1.807, 2.05) is 9.80 Å². The molecule has 6 aromatic rings. The van der Waals surface area contributed by atoms with Crippen molar-refractivity contribution in [3.63, 3.8) is 0 Å². The molecule has 2 aliphatic rings. The maximum atomic E-state index is 12.3. The van der Waals surface area contributed by atoms with Crippen molar-refractivity contribution >= 4 is 70.4 Å². The highest BCUT2D eigenvalue weighted by Crippen LogP contribution is 2.32. The smallest absolute Gasteiger partial charge is 0.377 e. The van der Waals surface area contributed by atoms with Crippen LogP contribution in [0.25, 0.3) is 0 Å². The van der Waals surface area contributed by atoms with E-state index in [-0.39, 0.29) is 35.3 Å². The number of aliphatic hydroxyl groups excluding tert-OH is 1. The zero-order chi connectivity index (χ0) is 51.9. The van der Waals surface area contributed by atoms with Crippen molar-refractivity contribution in [2.45, 2.75) is 80.7 Å². The van der Waals surface area contributed by atoms with E-state index in [4.69, 9.17) is 28.3 Å². The van der Waals surface area contributed by atoms with Crippen LogP contribution < -0.4 is 0 Å². The number of rotatable bonds is 12. The number of hydrogen-bond donors (Lipinski definition) is 1. The van der Waals surface area contributed by atoms with Gasteiger partial charge in [0, 0.05) is 76.7 Å². The van der Waals surface area contributed by atoms with Gasteiger partial charge in [-0.3, -0.25) is 9.80 Å². The third kappa shape index (κ3) is 23.8. The number of nitrogens with zero attached hydrogens (tertiary/aromatic N) is 2. The Morgan fingerprint density at radius 1 is 0.535 bits per heavy atom. The lowest BCUT2D eigenvalue weighted by Gasteiger charge is -2.16. The standard InChI is InChI=1S/2C18H15S.C8H13F2NO2.C5H11NO.C4H6F2O2.B5/c2*1-4-10-16(11-5-1)19(17-12-6-2-7-13-17)18-14-8-3-9-15-18;1-8(9,10)7(12)13-6-11-4-2-3-5-11;7-5-6-3-1-2-4-6;1-4(5,6)3(7)8-2;1-4-5(2)3/h2*1-15H;2-6H2,1H3;7H,1-5H2;1-2H3;/q2*+1;;;;. The highest BCUT2D eigenvalue weighted by molar-refractivity contribution is 7.97. The van der Waals surface area contributed by atoms with Crippen molar-refractivity contribution in [2.24, 2.45) is 0 Å². The molecule has 2 heterocycles. The number of likely N-dealkylation sites (tertiary alicyclic amines) is 2. The molecule has 0 bridgehead atoms. The molecule has 71 heavy (non-hydrogen) atoms. The van der Waals surface area contributed by atoms with Gasteiger partial charge < -0.3 is 14.6 Å². The highest BCUT2D eigenvalue weighted by Gasteiger charge is 2.35. The first kappa shape index (κ1) is 60.2. The number of methoxy groups -OCH3 is 1. The van der Waals surface area contributed by atoms with Gasteiger partial charge >= 0.3 is 23.8 Å². The van der Waals surface area contributed by atoms with Crippen molar-refractivity contribution in [1.29, 1.82) is 0 Å². The minimum Gasteiger partial charge on any atom is -0.465 e. The summed E-state index contributed by atoms with van der Waals surface area (Å²) >= 11 is 0. The molecule has 6 aromatic carbocycles. The normalized spacial score (nSPS) is 13.2. The van der Waals surface area contributed by atoms with Crippen molar-refractivity contribution in [2.75, 3.05) is 46.8 Å². The van der Waals surface area contributed by atoms with Crippen LogP contribution in [0.3, 0.4) is 0 Å². The summed E-state index contributed by atoms with van der Waals surface area (Å²) in [6, 6.07) is 64.3. The summed E-state index contributed by atoms with van der Waals surface area (Å²) in [5, 5.41) is 8.49. The third-order valence-electron chi connectivity index (χ3n) is 9.97. The van der Waals surface area contributed by atoms with Crippen LogP contribution in [0.5, 0.6) is 0 Å². The second-order valence-corrected chi connectivity index (χ2v) is 19.9. The molecule has 2 saturated heterocycles. The van der Waals surface area contributed by atoms with Gasteiger partial charge in [0.25, 0.3) is 0 Å². The Morgan fingerprint density at radius 2 is 0.775 bits per heavy atom. The lowest BCUT2D eigenvalue weighted by atomic mass is 8.97. The summed E-state index contributed by atoms with van der Waals surface area (Å²) in [7, 11) is 16.7. The zero-order valence-electron chi connectivity index (χ0n) is 40.6. The fourth-order valence-electron chi connectivity index (χ4n) is 6.45. The molecule has 0 unspecified atom stereocenters. The van der Waals surface area contributed by atoms with Gasteiger partial charge in [-0.25, -0.2) is 9.59 Å². The maximum absolute atomic E-state index is 12.3. The molecule has 7 nitrogen and oxygen atoms in total. The molecule has 0 amide bonds. The van der Waals surface area contributed by atoms with Gasteiger partial charge in [0.1, 0.15) is 6.73 Å². The van der Waals surface area contributed by atoms with E-state index in [2.05, 4.69) is 191 Å². The molecular formula is C53H60B5F4N2O5S2+2. The molecule has 1 N–H and O–H groups in total. The van der Waals surface area contributed by atoms with Crippen LogP contribution in [-0.4, -0.2) is 122 Å². The minimum absolute atomic E-state index is 0.0116. The summed E-state index contributed by atoms with van der Waals surface area (Å²) in [5.74, 6) is -9.68. The number of benzene rings is 6. The predicted molar refractivity (Wildman–Crippen MR) is 285 cm³/mol. The summed E-state index contributed by atoms with van der Waals surface area (Å²) in [6.07, 6.45) is 4.15. The Labute approximate surface area is 429 Å². The summed E-state index contributed by atoms with van der Waals surface area (Å²) in [5.41, 5.74) is 0. The Hall–Kier alpha value is -5.12. The molecule has 0 atom stereocenters. The van der Waals surface area contributed by atoms with Gasteiger partial charge in [-0.05, 0) is 98.5 Å². The fourth-order valence-corrected chi connectivity index (χ4v) is 10.7. The Kier molecular flexibility index (Phi) is 28.4. The highest BCUT2D eigenvalue weighted by atomic mass is 32.2. The van der Waals surface area contributed by atoms with E-state index in [9.17, 15) is 27.2 Å². The minimum atomic E-state index is -3.38. The van der Waals surface area contributed by atoms with Crippen LogP contribution in [0.2, 0.25) is 0 Å². The van der Waals surface area contributed by atoms with E-state index >= 15 is 0 Å². The van der Waals surface area contributed by atoms with E-state index in [1.165, 1.54) is 49.3 Å². The zero-order valence-corrected chi connectivity index (χ0v) is 42.2. The first-order valence-electron chi connectivity index (χ1n) is 23.0. The number of aliphatic hydroxyl groups is 1. The SMILES string of the molecule is CC(F)(F)C(=O)OCN1CCCC1.COC(=O)C(C)(F)F.OCN1CCCC1.[B][B]B([B])[B].c1ccc([S+](c2ccccc2)c2ccccc2)cc1.c1ccc([S+](c2ccccc2)c2ccccc2)cc1. The number of esters is 2. The van der Waals surface area contributed by atoms with Crippen LogP contribution in [0.1, 0.15) is 39.5 Å². The molecule has 0 spiro atoms. The van der Waals surface area contributed by atoms with E-state index in [0.29, 0.717) is 13.8 Å². The summed E-state index contributed by atoms with van der Waals surface area (Å²) in [4.78, 5) is 32.5. The monoisotopic (exact) mass is 999 g/mol. The molecule has 2 fully saturated rings. The van der Waals surface area contributed by atoms with Gasteiger partial charge in [0.15, 0.2) is 29.4 Å². The molecule has 7 radical (unpaired) electrons. The average molecular weight is 999 g/mol. The number of halogens is 4. The number of hydrogen-bond acceptors (Lipinski definition) is 7. The summed E-state index contributed by atoms with van der Waals surface area (Å²) in [6.45, 7) is 5.10. The molecule has 0 saturated carbocycles. The van der Waals surface area contributed by atoms with Gasteiger partial charge in [-0.15, -0.1) is 0 Å². The fraction of sp³-hybridized carbons (Fsp3) is 0.283. The molecule has 0 aromatic heterocycles. The molecule has 0 aliphatic carbocycles. The lowest BCUT2D eigenvalue weighted by molar-refractivity contribution is -0.173. The van der Waals surface area contributed by atoms with Gasteiger partial charge in [0.2, 0.25) is 0 Å². The lowest BCUT2D eigenvalue weighted by Crippen LogP contribution is -2.32. The van der Waals surface area contributed by atoms with E-state index < -0.39 is 30.2 Å². The van der Waals surface area contributed by atoms with Gasteiger partial charge in [0.05, 0.1) is 35.6 Å². The average Bonchev–Trinajstić information content (AvgIpc) is 4.14. The Bertz CT molecular complexity index is 2000. The van der Waals surface area contributed by atoms with Gasteiger partial charge in [-0.2, -0.15) is 17.6 Å². The molecular weight excluding hydrogens is 939 g/mol. The van der Waals surface area contributed by atoms with Crippen LogP contribution in [0, 0.1) is 0 Å². The van der Waals surface area contributed by atoms with Crippen LogP contribution in [-0.2, 0) is 40.9 Å². The molecule has 365 valence electrons. The third-order valence-corrected chi connectivity index (χ3v) is 14.4. The van der Waals surface area contributed by atoms with Crippen LogP contribution >= 0.6 is 0 Å². The van der Waals surface area contributed by atoms with Crippen molar-refractivity contribution in [1.82, 2.24) is 9.80 Å². The van der Waals surface area contributed by atoms with E-state index in [1.54, 1.807) is 0 Å². The van der Waals surface area contributed by atoms with Crippen LogP contribution in [0.15, 0.2) is 211 Å². The molecule has 18 heteroatoms. The largest absolute Gasteiger partial charge is 0.465 e. The van der Waals surface area contributed by atoms with Crippen molar-refractivity contribution in [3.05, 3.63) is 182 Å². The number of ether oxygens (including phenoxy) is 2. The van der Waals surface area contributed by atoms with Crippen molar-refractivity contribution < 1.29 is 41.7 Å². The first-order valence-corrected chi connectivity index (χ1v) is 25.5. The second kappa shape index (κ2) is 33.5. The maximum Gasteiger partial charge on any atom is 0.377 e. The summed E-state index contributed by atoms with van der Waals surface area (Å²) < 4.78 is 56.0. The molecule has 8 rings (SSSR count). The second-order valence-electron chi connectivity index (χ2n) is 15.9. The number of carbonyl (C=O) groups is 2. The number of carbonyl (C=O) groups excluding carboxylic acids is 2. The Balaban J connectivity index is 0.000000240. The molecule has 2 aliphatic heterocycles. The first-order chi connectivity index (χ1) is 34.1. The van der Waals surface area contributed by atoms with Gasteiger partial charge in [-0.1, -0.05) is 109 Å². The topological polar surface area (TPSA) is 79.3 Å². The number of alkyl halides is 4. The quantitative estimate of drug-likeness (QED) is 0.0567.